The number of carbonyl (C=O) groups excluding carboxylic acids is 1. The summed E-state index contributed by atoms with van der Waals surface area (Å²) in [5.41, 5.74) is 5.79. The minimum atomic E-state index is -0.350. The number of amides is 1. The van der Waals surface area contributed by atoms with Crippen molar-refractivity contribution in [3.05, 3.63) is 75.7 Å². The summed E-state index contributed by atoms with van der Waals surface area (Å²) in [4.78, 5) is 12.0. The number of fused-ring (bicyclic) bond motifs is 3. The molecule has 0 aliphatic rings. The highest BCUT2D eigenvalue weighted by Crippen LogP contribution is 2.29. The molecule has 0 saturated heterocycles. The van der Waals surface area contributed by atoms with E-state index in [0.717, 1.165) is 12.1 Å². The monoisotopic (exact) mass is 483 g/mol. The molecule has 30 heavy (non-hydrogen) atoms. The maximum atomic E-state index is 12.0. The van der Waals surface area contributed by atoms with Crippen LogP contribution in [-0.2, 0) is 11.3 Å². The molecule has 7 heteroatoms. The highest BCUT2D eigenvalue weighted by molar-refractivity contribution is 9.10. The molecule has 0 atom stereocenters. The molecular weight excluding hydrogens is 466 g/mol. The fourth-order valence-electron chi connectivity index (χ4n) is 3.44. The molecule has 0 saturated carbocycles. The van der Waals surface area contributed by atoms with Gasteiger partial charge < -0.3 is 9.30 Å². The molecule has 0 spiro atoms. The van der Waals surface area contributed by atoms with Crippen molar-refractivity contribution in [2.75, 3.05) is 6.61 Å². The largest absolute Gasteiger partial charge is 0.483 e. The average molecular weight is 485 g/mol. The van der Waals surface area contributed by atoms with Crippen LogP contribution in [0.15, 0.2) is 70.2 Å². The van der Waals surface area contributed by atoms with Gasteiger partial charge in [0, 0.05) is 33.4 Å². The number of nitrogens with one attached hydrogen (secondary N) is 1. The maximum Gasteiger partial charge on any atom is 0.277 e. The van der Waals surface area contributed by atoms with Gasteiger partial charge in [-0.3, -0.25) is 4.79 Å². The third-order valence-corrected chi connectivity index (χ3v) is 5.62. The molecule has 1 N–H and O–H groups in total. The molecule has 152 valence electrons. The van der Waals surface area contributed by atoms with Gasteiger partial charge in [-0.05, 0) is 64.8 Å². The number of hydrogen-bond acceptors (Lipinski definition) is 3. The number of rotatable bonds is 6. The summed E-state index contributed by atoms with van der Waals surface area (Å²) in [7, 11) is 0. The first kappa shape index (κ1) is 20.4. The van der Waals surface area contributed by atoms with Crippen LogP contribution in [0, 0.1) is 0 Å². The molecule has 4 rings (SSSR count). The van der Waals surface area contributed by atoms with E-state index in [1.807, 2.05) is 12.1 Å². The second-order valence-electron chi connectivity index (χ2n) is 6.69. The number of ether oxygens (including phenoxy) is 1. The van der Waals surface area contributed by atoms with Crippen molar-refractivity contribution in [3.63, 3.8) is 0 Å². The van der Waals surface area contributed by atoms with Gasteiger partial charge in [-0.1, -0.05) is 35.9 Å². The highest BCUT2D eigenvalue weighted by atomic mass is 79.9. The maximum absolute atomic E-state index is 12.0. The van der Waals surface area contributed by atoms with Gasteiger partial charge in [0.15, 0.2) is 6.61 Å². The quantitative estimate of drug-likeness (QED) is 0.279. The minimum absolute atomic E-state index is 0.152. The van der Waals surface area contributed by atoms with Gasteiger partial charge >= 0.3 is 0 Å². The number of aryl methyl sites for hydroxylation is 1. The zero-order valence-electron chi connectivity index (χ0n) is 16.2. The van der Waals surface area contributed by atoms with Crippen LogP contribution in [-0.4, -0.2) is 23.3 Å². The van der Waals surface area contributed by atoms with E-state index in [-0.39, 0.29) is 12.5 Å². The Bertz CT molecular complexity index is 1270. The van der Waals surface area contributed by atoms with Crippen LogP contribution in [0.5, 0.6) is 5.75 Å². The van der Waals surface area contributed by atoms with Crippen LogP contribution in [0.3, 0.4) is 0 Å². The number of aromatic nitrogens is 1. The summed E-state index contributed by atoms with van der Waals surface area (Å²) < 4.78 is 8.46. The standard InChI is InChI=1S/C23H19BrClN3O2/c1-2-28-20-6-4-3-5-17(20)18-11-15(7-9-21(18)28)13-26-27-23(29)14-30-22-10-8-16(25)12-19(22)24/h3-13H,2,14H2,1H3,(H,27,29)/b26-13+. The Balaban J connectivity index is 1.45. The van der Waals surface area contributed by atoms with Crippen LogP contribution in [0.25, 0.3) is 21.8 Å². The molecule has 1 amide bonds. The van der Waals surface area contributed by atoms with E-state index in [9.17, 15) is 4.79 Å². The van der Waals surface area contributed by atoms with E-state index in [4.69, 9.17) is 16.3 Å². The molecule has 4 aromatic rings. The van der Waals surface area contributed by atoms with Gasteiger partial charge in [0.05, 0.1) is 10.7 Å². The van der Waals surface area contributed by atoms with E-state index in [2.05, 4.69) is 68.3 Å². The molecule has 5 nitrogen and oxygen atoms in total. The Hall–Kier alpha value is -2.83. The van der Waals surface area contributed by atoms with Crippen molar-refractivity contribution in [3.8, 4) is 5.75 Å². The Morgan fingerprint density at radius 3 is 2.73 bits per heavy atom. The summed E-state index contributed by atoms with van der Waals surface area (Å²) in [6.45, 7) is 2.89. The van der Waals surface area contributed by atoms with E-state index in [1.165, 1.54) is 21.8 Å². The molecule has 1 aromatic heterocycles. The van der Waals surface area contributed by atoms with Crippen molar-refractivity contribution >= 4 is 61.5 Å². The van der Waals surface area contributed by atoms with Gasteiger partial charge in [-0.25, -0.2) is 5.43 Å². The van der Waals surface area contributed by atoms with E-state index < -0.39 is 0 Å². The highest BCUT2D eigenvalue weighted by Gasteiger charge is 2.09. The SMILES string of the molecule is CCn1c2ccccc2c2cc(/C=N/NC(=O)COc3ccc(Cl)cc3Br)ccc21. The van der Waals surface area contributed by atoms with Crippen molar-refractivity contribution in [1.82, 2.24) is 9.99 Å². The number of nitrogens with zero attached hydrogens (tertiary/aromatic N) is 2. The lowest BCUT2D eigenvalue weighted by Crippen LogP contribution is -2.24. The molecule has 0 aliphatic carbocycles. The fourth-order valence-corrected chi connectivity index (χ4v) is 4.24. The summed E-state index contributed by atoms with van der Waals surface area (Å²) in [6.07, 6.45) is 1.63. The lowest BCUT2D eigenvalue weighted by molar-refractivity contribution is -0.123. The van der Waals surface area contributed by atoms with Gasteiger partial charge in [0.25, 0.3) is 5.91 Å². The van der Waals surface area contributed by atoms with Crippen molar-refractivity contribution in [2.24, 2.45) is 5.10 Å². The zero-order valence-corrected chi connectivity index (χ0v) is 18.6. The van der Waals surface area contributed by atoms with Crippen LogP contribution in [0.1, 0.15) is 12.5 Å². The molecular formula is C23H19BrClN3O2. The normalized spacial score (nSPS) is 11.4. The van der Waals surface area contributed by atoms with Crippen molar-refractivity contribution in [1.29, 1.82) is 0 Å². The van der Waals surface area contributed by atoms with Gasteiger partial charge in [0.1, 0.15) is 5.75 Å². The smallest absolute Gasteiger partial charge is 0.277 e. The molecule has 0 bridgehead atoms. The second-order valence-corrected chi connectivity index (χ2v) is 7.99. The fraction of sp³-hybridized carbons (Fsp3) is 0.130. The molecule has 1 heterocycles. The van der Waals surface area contributed by atoms with Crippen LogP contribution in [0.2, 0.25) is 5.02 Å². The number of halogens is 2. The molecule has 0 unspecified atom stereocenters. The third kappa shape index (κ3) is 4.20. The number of para-hydroxylation sites is 1. The van der Waals surface area contributed by atoms with Crippen molar-refractivity contribution in [2.45, 2.75) is 13.5 Å². The second kappa shape index (κ2) is 8.90. The van der Waals surface area contributed by atoms with Gasteiger partial charge in [0.2, 0.25) is 0 Å². The summed E-state index contributed by atoms with van der Waals surface area (Å²) >= 11 is 9.25. The van der Waals surface area contributed by atoms with Gasteiger partial charge in [-0.2, -0.15) is 5.10 Å². The third-order valence-electron chi connectivity index (χ3n) is 4.77. The van der Waals surface area contributed by atoms with Crippen LogP contribution < -0.4 is 10.2 Å². The first-order valence-corrected chi connectivity index (χ1v) is 10.6. The Labute approximate surface area is 187 Å². The Kier molecular flexibility index (Phi) is 6.06. The van der Waals surface area contributed by atoms with Crippen LogP contribution in [0.4, 0.5) is 0 Å². The van der Waals surface area contributed by atoms with E-state index in [1.54, 1.807) is 24.4 Å². The first-order chi connectivity index (χ1) is 14.6. The summed E-state index contributed by atoms with van der Waals surface area (Å²) in [6, 6.07) is 19.6. The molecule has 3 aromatic carbocycles. The zero-order chi connectivity index (χ0) is 21.1. The van der Waals surface area contributed by atoms with E-state index >= 15 is 0 Å². The van der Waals surface area contributed by atoms with Crippen LogP contribution >= 0.6 is 27.5 Å². The summed E-state index contributed by atoms with van der Waals surface area (Å²) in [5.74, 6) is 0.188. The van der Waals surface area contributed by atoms with Gasteiger partial charge in [-0.15, -0.1) is 0 Å². The number of benzene rings is 3. The first-order valence-electron chi connectivity index (χ1n) is 9.47. The topological polar surface area (TPSA) is 55.6 Å². The lowest BCUT2D eigenvalue weighted by atomic mass is 10.1. The Morgan fingerprint density at radius 2 is 1.93 bits per heavy atom. The average Bonchev–Trinajstić information content (AvgIpc) is 3.06. The number of hydrogen-bond donors (Lipinski definition) is 1. The lowest BCUT2D eigenvalue weighted by Gasteiger charge is -2.07. The molecule has 0 fully saturated rings. The number of hydrazone groups is 1. The minimum Gasteiger partial charge on any atom is -0.483 e. The Morgan fingerprint density at radius 1 is 1.13 bits per heavy atom. The number of carbonyl (C=O) groups is 1. The summed E-state index contributed by atoms with van der Waals surface area (Å²) in [5, 5.41) is 7.02. The molecule has 0 radical (unpaired) electrons. The predicted octanol–water partition coefficient (Wildman–Crippen LogP) is 5.76. The predicted molar refractivity (Wildman–Crippen MR) is 126 cm³/mol. The molecule has 0 aliphatic heterocycles. The van der Waals surface area contributed by atoms with E-state index in [0.29, 0.717) is 15.2 Å². The van der Waals surface area contributed by atoms with Crippen molar-refractivity contribution < 1.29 is 9.53 Å².